The molecule has 1 aromatic carbocycles. The molecule has 0 amide bonds. The van der Waals surface area contributed by atoms with Crippen molar-refractivity contribution in [3.8, 4) is 0 Å². The van der Waals surface area contributed by atoms with Crippen molar-refractivity contribution in [1.82, 2.24) is 4.98 Å². The molecule has 0 aliphatic carbocycles. The number of fused-ring (bicyclic) bond motifs is 1. The minimum Gasteiger partial charge on any atom is -0.383 e. The molecule has 0 fully saturated rings. The molecular formula is C17H24N2O2S. The van der Waals surface area contributed by atoms with Gasteiger partial charge in [-0.2, -0.15) is 0 Å². The summed E-state index contributed by atoms with van der Waals surface area (Å²) < 4.78 is 23.0. The molecule has 0 radical (unpaired) electrons. The number of benzene rings is 1. The Balaban J connectivity index is 2.50. The molecule has 120 valence electrons. The van der Waals surface area contributed by atoms with E-state index in [1.165, 1.54) is 6.26 Å². The number of rotatable bonds is 5. The lowest BCUT2D eigenvalue weighted by Gasteiger charge is -2.25. The summed E-state index contributed by atoms with van der Waals surface area (Å²) >= 11 is 0. The fraction of sp³-hybridized carbons (Fsp3) is 0.471. The number of anilines is 1. The van der Waals surface area contributed by atoms with Crippen molar-refractivity contribution in [2.75, 3.05) is 18.1 Å². The predicted octanol–water partition coefficient (Wildman–Crippen LogP) is 3.34. The van der Waals surface area contributed by atoms with Crippen LogP contribution in [0.5, 0.6) is 0 Å². The van der Waals surface area contributed by atoms with E-state index in [2.05, 4.69) is 17.2 Å². The summed E-state index contributed by atoms with van der Waals surface area (Å²) in [4.78, 5) is 4.64. The Morgan fingerprint density at radius 1 is 1.23 bits per heavy atom. The van der Waals surface area contributed by atoms with Crippen LogP contribution in [0.25, 0.3) is 10.9 Å². The summed E-state index contributed by atoms with van der Waals surface area (Å²) in [5, 5.41) is 4.41. The van der Waals surface area contributed by atoms with Gasteiger partial charge < -0.3 is 5.32 Å². The molecule has 4 nitrogen and oxygen atoms in total. The van der Waals surface area contributed by atoms with Crippen LogP contribution in [0.4, 0.5) is 5.69 Å². The van der Waals surface area contributed by atoms with Gasteiger partial charge in [0, 0.05) is 29.6 Å². The number of aromatic nitrogens is 1. The predicted molar refractivity (Wildman–Crippen MR) is 93.3 cm³/mol. The summed E-state index contributed by atoms with van der Waals surface area (Å²) in [6.07, 6.45) is 2.14. The smallest absolute Gasteiger partial charge is 0.154 e. The average Bonchev–Trinajstić information content (AvgIpc) is 2.43. The summed E-state index contributed by atoms with van der Waals surface area (Å²) in [5.74, 6) is 0. The molecule has 2 aromatic rings. The fourth-order valence-electron chi connectivity index (χ4n) is 2.44. The number of aryl methyl sites for hydroxylation is 1. The third-order valence-corrected chi connectivity index (χ3v) is 6.40. The lowest BCUT2D eigenvalue weighted by molar-refractivity contribution is 0.560. The highest BCUT2D eigenvalue weighted by molar-refractivity contribution is 7.92. The van der Waals surface area contributed by atoms with Crippen LogP contribution >= 0.6 is 0 Å². The van der Waals surface area contributed by atoms with Crippen LogP contribution in [0.15, 0.2) is 24.3 Å². The molecule has 0 aliphatic rings. The second-order valence-electron chi connectivity index (χ2n) is 6.31. The maximum absolute atomic E-state index is 11.9. The highest BCUT2D eigenvalue weighted by Crippen LogP contribution is 2.30. The maximum Gasteiger partial charge on any atom is 0.154 e. The highest BCUT2D eigenvalue weighted by atomic mass is 32.2. The monoisotopic (exact) mass is 320 g/mol. The van der Waals surface area contributed by atoms with Gasteiger partial charge in [0.05, 0.1) is 10.3 Å². The van der Waals surface area contributed by atoms with Gasteiger partial charge in [-0.15, -0.1) is 0 Å². The van der Waals surface area contributed by atoms with Crippen LogP contribution in [-0.2, 0) is 16.3 Å². The number of nitrogens with one attached hydrogen (secondary N) is 1. The molecule has 0 bridgehead atoms. The van der Waals surface area contributed by atoms with Gasteiger partial charge in [0.2, 0.25) is 0 Å². The summed E-state index contributed by atoms with van der Waals surface area (Å²) in [6, 6.07) is 7.95. The van der Waals surface area contributed by atoms with E-state index in [1.54, 1.807) is 13.8 Å². The molecule has 2 rings (SSSR count). The van der Waals surface area contributed by atoms with Gasteiger partial charge >= 0.3 is 0 Å². The molecule has 1 N–H and O–H groups in total. The number of hydrogen-bond donors (Lipinski definition) is 1. The molecule has 0 saturated heterocycles. The van der Waals surface area contributed by atoms with Gasteiger partial charge in [0.25, 0.3) is 0 Å². The topological polar surface area (TPSA) is 59.1 Å². The zero-order valence-electron chi connectivity index (χ0n) is 13.9. The zero-order valence-corrected chi connectivity index (χ0v) is 14.7. The number of para-hydroxylation sites is 1. The minimum absolute atomic E-state index is 0.367. The second kappa shape index (κ2) is 5.88. The summed E-state index contributed by atoms with van der Waals surface area (Å²) in [5.41, 5.74) is 4.06. The van der Waals surface area contributed by atoms with Crippen molar-refractivity contribution >= 4 is 26.4 Å². The Morgan fingerprint density at radius 2 is 1.86 bits per heavy atom. The van der Waals surface area contributed by atoms with E-state index in [4.69, 9.17) is 0 Å². The first-order valence-electron chi connectivity index (χ1n) is 7.49. The van der Waals surface area contributed by atoms with Crippen LogP contribution in [0.2, 0.25) is 0 Å². The Morgan fingerprint density at radius 3 is 2.45 bits per heavy atom. The zero-order chi connectivity index (χ0) is 16.5. The molecule has 0 unspecified atom stereocenters. The molecule has 1 aromatic heterocycles. The average molecular weight is 320 g/mol. The van der Waals surface area contributed by atoms with Crippen LogP contribution < -0.4 is 5.32 Å². The number of hydrogen-bond acceptors (Lipinski definition) is 4. The Labute approximate surface area is 132 Å². The third-order valence-electron chi connectivity index (χ3n) is 4.25. The summed E-state index contributed by atoms with van der Waals surface area (Å²) in [6.45, 7) is 7.95. The Bertz CT molecular complexity index is 796. The van der Waals surface area contributed by atoms with E-state index in [0.717, 1.165) is 34.3 Å². The van der Waals surface area contributed by atoms with E-state index < -0.39 is 14.6 Å². The molecule has 0 saturated carbocycles. The quantitative estimate of drug-likeness (QED) is 0.918. The van der Waals surface area contributed by atoms with Gasteiger partial charge in [0.1, 0.15) is 0 Å². The Hall–Kier alpha value is -1.62. The molecular weight excluding hydrogens is 296 g/mol. The van der Waals surface area contributed by atoms with E-state index in [0.29, 0.717) is 6.54 Å². The molecule has 5 heteroatoms. The largest absolute Gasteiger partial charge is 0.383 e. The molecule has 0 aliphatic heterocycles. The van der Waals surface area contributed by atoms with Gasteiger partial charge in [0.15, 0.2) is 9.84 Å². The third kappa shape index (κ3) is 3.09. The standard InChI is InChI=1S/C17H24N2O2S/c1-6-13-12(2)19-15-10-8-7-9-14(15)16(13)18-11-17(3,4)22(5,20)21/h7-10H,6,11H2,1-5H3,(H,18,19). The first-order valence-corrected chi connectivity index (χ1v) is 9.38. The van der Waals surface area contributed by atoms with Crippen molar-refractivity contribution < 1.29 is 8.42 Å². The lowest BCUT2D eigenvalue weighted by Crippen LogP contribution is -2.38. The lowest BCUT2D eigenvalue weighted by atomic mass is 10.0. The van der Waals surface area contributed by atoms with Crippen LogP contribution in [0, 0.1) is 6.92 Å². The Kier molecular flexibility index (Phi) is 4.47. The van der Waals surface area contributed by atoms with Gasteiger partial charge in [-0.3, -0.25) is 4.98 Å². The molecule has 0 atom stereocenters. The minimum atomic E-state index is -3.13. The van der Waals surface area contributed by atoms with Crippen molar-refractivity contribution in [3.05, 3.63) is 35.5 Å². The fourth-order valence-corrected chi connectivity index (χ4v) is 2.78. The number of pyridine rings is 1. The highest BCUT2D eigenvalue weighted by Gasteiger charge is 2.30. The van der Waals surface area contributed by atoms with Crippen molar-refractivity contribution in [1.29, 1.82) is 0 Å². The number of sulfone groups is 1. The van der Waals surface area contributed by atoms with Crippen LogP contribution in [0.1, 0.15) is 32.0 Å². The van der Waals surface area contributed by atoms with Crippen molar-refractivity contribution in [2.24, 2.45) is 0 Å². The normalized spacial score (nSPS) is 12.6. The SMILES string of the molecule is CCc1c(C)nc2ccccc2c1NCC(C)(C)S(C)(=O)=O. The van der Waals surface area contributed by atoms with Gasteiger partial charge in [-0.05, 0) is 38.8 Å². The maximum atomic E-state index is 11.9. The first-order chi connectivity index (χ1) is 10.2. The summed E-state index contributed by atoms with van der Waals surface area (Å²) in [7, 11) is -3.13. The van der Waals surface area contributed by atoms with Crippen molar-refractivity contribution in [3.63, 3.8) is 0 Å². The van der Waals surface area contributed by atoms with Crippen LogP contribution in [-0.4, -0.2) is 30.9 Å². The molecule has 0 spiro atoms. The van der Waals surface area contributed by atoms with E-state index >= 15 is 0 Å². The number of nitrogens with zero attached hydrogens (tertiary/aromatic N) is 1. The molecule has 1 heterocycles. The van der Waals surface area contributed by atoms with E-state index in [9.17, 15) is 8.42 Å². The van der Waals surface area contributed by atoms with E-state index in [-0.39, 0.29) is 0 Å². The second-order valence-corrected chi connectivity index (χ2v) is 8.96. The van der Waals surface area contributed by atoms with Crippen LogP contribution in [0.3, 0.4) is 0 Å². The van der Waals surface area contributed by atoms with Gasteiger partial charge in [-0.25, -0.2) is 8.42 Å². The molecule has 22 heavy (non-hydrogen) atoms. The van der Waals surface area contributed by atoms with Crippen molar-refractivity contribution in [2.45, 2.75) is 38.9 Å². The van der Waals surface area contributed by atoms with Gasteiger partial charge in [-0.1, -0.05) is 25.1 Å². The van der Waals surface area contributed by atoms with E-state index in [1.807, 2.05) is 31.2 Å². The first kappa shape index (κ1) is 16.7.